The van der Waals surface area contributed by atoms with Crippen molar-refractivity contribution >= 4 is 11.6 Å². The number of pyridine rings is 1. The van der Waals surface area contributed by atoms with E-state index in [1.165, 1.54) is 0 Å². The van der Waals surface area contributed by atoms with Crippen LogP contribution >= 0.6 is 11.6 Å². The summed E-state index contributed by atoms with van der Waals surface area (Å²) >= 11 is 5.73. The zero-order valence-electron chi connectivity index (χ0n) is 8.98. The molecule has 0 amide bonds. The molecule has 0 fully saturated rings. The second kappa shape index (κ2) is 4.99. The van der Waals surface area contributed by atoms with E-state index < -0.39 is 0 Å². The van der Waals surface area contributed by atoms with Gasteiger partial charge < -0.3 is 4.74 Å². The van der Waals surface area contributed by atoms with Gasteiger partial charge in [-0.25, -0.2) is 4.98 Å². The third kappa shape index (κ3) is 2.52. The van der Waals surface area contributed by atoms with E-state index in [9.17, 15) is 0 Å². The highest BCUT2D eigenvalue weighted by molar-refractivity contribution is 6.29. The summed E-state index contributed by atoms with van der Waals surface area (Å²) in [6.07, 6.45) is 1.76. The molecule has 0 spiro atoms. The van der Waals surface area contributed by atoms with Crippen LogP contribution in [0.5, 0.6) is 5.75 Å². The summed E-state index contributed by atoms with van der Waals surface area (Å²) in [5.74, 6) is 0.883. The van der Waals surface area contributed by atoms with Gasteiger partial charge in [-0.15, -0.1) is 0 Å². The average molecular weight is 234 g/mol. The Hall–Kier alpha value is -1.54. The van der Waals surface area contributed by atoms with E-state index in [0.29, 0.717) is 11.8 Å². The molecule has 0 saturated carbocycles. The molecule has 1 aromatic heterocycles. The van der Waals surface area contributed by atoms with Gasteiger partial charge in [0.1, 0.15) is 10.9 Å². The monoisotopic (exact) mass is 233 g/mol. The van der Waals surface area contributed by atoms with Crippen molar-refractivity contribution in [1.29, 1.82) is 0 Å². The Morgan fingerprint density at radius 3 is 2.31 bits per heavy atom. The smallest absolute Gasteiger partial charge is 0.129 e. The SMILES string of the molecule is CCOc1ccc(-c2ccc(Cl)nc2)cc1. The van der Waals surface area contributed by atoms with Crippen molar-refractivity contribution in [3.63, 3.8) is 0 Å². The minimum atomic E-state index is 0.509. The van der Waals surface area contributed by atoms with Gasteiger partial charge in [0.2, 0.25) is 0 Å². The summed E-state index contributed by atoms with van der Waals surface area (Å²) in [4.78, 5) is 4.05. The molecule has 1 heterocycles. The minimum absolute atomic E-state index is 0.509. The molecule has 0 aliphatic rings. The van der Waals surface area contributed by atoms with Gasteiger partial charge >= 0.3 is 0 Å². The van der Waals surface area contributed by atoms with Crippen LogP contribution in [0.25, 0.3) is 11.1 Å². The molecule has 0 N–H and O–H groups in total. The van der Waals surface area contributed by atoms with Crippen LogP contribution in [0.1, 0.15) is 6.92 Å². The zero-order chi connectivity index (χ0) is 11.4. The van der Waals surface area contributed by atoms with Crippen LogP contribution < -0.4 is 4.74 Å². The third-order valence-electron chi connectivity index (χ3n) is 2.23. The Balaban J connectivity index is 2.24. The Labute approximate surface area is 99.9 Å². The fourth-order valence-corrected chi connectivity index (χ4v) is 1.57. The maximum absolute atomic E-state index is 5.73. The van der Waals surface area contributed by atoms with Crippen LogP contribution in [0, 0.1) is 0 Å². The summed E-state index contributed by atoms with van der Waals surface area (Å²) < 4.78 is 5.38. The average Bonchev–Trinajstić information content (AvgIpc) is 2.32. The van der Waals surface area contributed by atoms with Gasteiger partial charge in [-0.3, -0.25) is 0 Å². The van der Waals surface area contributed by atoms with E-state index in [0.717, 1.165) is 16.9 Å². The van der Waals surface area contributed by atoms with Crippen molar-refractivity contribution < 1.29 is 4.74 Å². The van der Waals surface area contributed by atoms with Crippen molar-refractivity contribution in [1.82, 2.24) is 4.98 Å². The van der Waals surface area contributed by atoms with Gasteiger partial charge in [0.25, 0.3) is 0 Å². The number of aromatic nitrogens is 1. The molecule has 1 aromatic carbocycles. The highest BCUT2D eigenvalue weighted by atomic mass is 35.5. The van der Waals surface area contributed by atoms with Crippen LogP contribution in [0.15, 0.2) is 42.6 Å². The van der Waals surface area contributed by atoms with Crippen LogP contribution in [-0.2, 0) is 0 Å². The van der Waals surface area contributed by atoms with E-state index in [-0.39, 0.29) is 0 Å². The molecule has 0 saturated heterocycles. The van der Waals surface area contributed by atoms with Crippen molar-refractivity contribution in [2.45, 2.75) is 6.92 Å². The molecule has 0 aliphatic carbocycles. The normalized spacial score (nSPS) is 10.1. The largest absolute Gasteiger partial charge is 0.494 e. The molecule has 0 unspecified atom stereocenters. The van der Waals surface area contributed by atoms with Crippen molar-refractivity contribution in [3.05, 3.63) is 47.7 Å². The molecule has 0 atom stereocenters. The molecule has 16 heavy (non-hydrogen) atoms. The number of halogens is 1. The van der Waals surface area contributed by atoms with Crippen LogP contribution in [0.2, 0.25) is 5.15 Å². The van der Waals surface area contributed by atoms with Gasteiger partial charge in [-0.2, -0.15) is 0 Å². The zero-order valence-corrected chi connectivity index (χ0v) is 9.74. The van der Waals surface area contributed by atoms with E-state index in [1.54, 1.807) is 12.3 Å². The minimum Gasteiger partial charge on any atom is -0.494 e. The lowest BCUT2D eigenvalue weighted by molar-refractivity contribution is 0.340. The topological polar surface area (TPSA) is 22.1 Å². The van der Waals surface area contributed by atoms with Crippen LogP contribution in [0.3, 0.4) is 0 Å². The van der Waals surface area contributed by atoms with Gasteiger partial charge in [0, 0.05) is 11.8 Å². The molecular formula is C13H12ClNO. The lowest BCUT2D eigenvalue weighted by Gasteiger charge is -2.04. The van der Waals surface area contributed by atoms with Crippen LogP contribution in [0.4, 0.5) is 0 Å². The van der Waals surface area contributed by atoms with Crippen molar-refractivity contribution in [3.8, 4) is 16.9 Å². The van der Waals surface area contributed by atoms with Gasteiger partial charge in [0.05, 0.1) is 6.61 Å². The summed E-state index contributed by atoms with van der Waals surface area (Å²) in [7, 11) is 0. The number of hydrogen-bond acceptors (Lipinski definition) is 2. The molecule has 0 radical (unpaired) electrons. The summed E-state index contributed by atoms with van der Waals surface area (Å²) in [5, 5.41) is 0.509. The van der Waals surface area contributed by atoms with E-state index in [1.807, 2.05) is 37.3 Å². The van der Waals surface area contributed by atoms with Crippen molar-refractivity contribution in [2.75, 3.05) is 6.61 Å². The lowest BCUT2D eigenvalue weighted by atomic mass is 10.1. The number of hydrogen-bond donors (Lipinski definition) is 0. The van der Waals surface area contributed by atoms with Gasteiger partial charge in [0.15, 0.2) is 0 Å². The molecule has 82 valence electrons. The Morgan fingerprint density at radius 2 is 1.75 bits per heavy atom. The van der Waals surface area contributed by atoms with Gasteiger partial charge in [-0.1, -0.05) is 23.7 Å². The van der Waals surface area contributed by atoms with Gasteiger partial charge in [-0.05, 0) is 36.8 Å². The summed E-state index contributed by atoms with van der Waals surface area (Å²) in [6, 6.07) is 11.7. The molecular weight excluding hydrogens is 222 g/mol. The second-order valence-electron chi connectivity index (χ2n) is 3.33. The fraction of sp³-hybridized carbons (Fsp3) is 0.154. The fourth-order valence-electron chi connectivity index (χ4n) is 1.46. The highest BCUT2D eigenvalue weighted by Crippen LogP contribution is 2.22. The first-order valence-corrected chi connectivity index (χ1v) is 5.52. The molecule has 3 heteroatoms. The van der Waals surface area contributed by atoms with Crippen molar-refractivity contribution in [2.24, 2.45) is 0 Å². The van der Waals surface area contributed by atoms with Crippen LogP contribution in [-0.4, -0.2) is 11.6 Å². The standard InChI is InChI=1S/C13H12ClNO/c1-2-16-12-6-3-10(4-7-12)11-5-8-13(14)15-9-11/h3-9H,2H2,1H3. The maximum atomic E-state index is 5.73. The molecule has 0 aliphatic heterocycles. The van der Waals surface area contributed by atoms with E-state index in [2.05, 4.69) is 4.98 Å². The molecule has 2 aromatic rings. The summed E-state index contributed by atoms with van der Waals surface area (Å²) in [5.41, 5.74) is 2.15. The first-order valence-electron chi connectivity index (χ1n) is 5.14. The number of rotatable bonds is 3. The quantitative estimate of drug-likeness (QED) is 0.753. The molecule has 2 nitrogen and oxygen atoms in total. The predicted octanol–water partition coefficient (Wildman–Crippen LogP) is 3.80. The second-order valence-corrected chi connectivity index (χ2v) is 3.71. The first-order chi connectivity index (χ1) is 7.79. The number of nitrogens with zero attached hydrogens (tertiary/aromatic N) is 1. The third-order valence-corrected chi connectivity index (χ3v) is 2.45. The van der Waals surface area contributed by atoms with E-state index in [4.69, 9.17) is 16.3 Å². The maximum Gasteiger partial charge on any atom is 0.129 e. The number of benzene rings is 1. The highest BCUT2D eigenvalue weighted by Gasteiger charge is 1.99. The number of ether oxygens (including phenoxy) is 1. The predicted molar refractivity (Wildman–Crippen MR) is 65.9 cm³/mol. The Morgan fingerprint density at radius 1 is 1.06 bits per heavy atom. The molecule has 2 rings (SSSR count). The molecule has 0 bridgehead atoms. The first kappa shape index (κ1) is 11.0. The van der Waals surface area contributed by atoms with E-state index >= 15 is 0 Å². The summed E-state index contributed by atoms with van der Waals surface area (Å²) in [6.45, 7) is 2.65. The Bertz CT molecular complexity index is 450. The Kier molecular flexibility index (Phi) is 3.42. The lowest BCUT2D eigenvalue weighted by Crippen LogP contribution is -1.90.